The molecule has 1 unspecified atom stereocenters. The van der Waals surface area contributed by atoms with Gasteiger partial charge in [0.25, 0.3) is 0 Å². The molecule has 6 nitrogen and oxygen atoms in total. The highest BCUT2D eigenvalue weighted by molar-refractivity contribution is 7.10. The van der Waals surface area contributed by atoms with Crippen molar-refractivity contribution >= 4 is 29.5 Å². The largest absolute Gasteiger partial charge is 0.431 e. The molecule has 1 aliphatic rings. The van der Waals surface area contributed by atoms with Gasteiger partial charge in [-0.25, -0.2) is 0 Å². The fourth-order valence-electron chi connectivity index (χ4n) is 2.16. The molecule has 19 heavy (non-hydrogen) atoms. The minimum absolute atomic E-state index is 0.0537. The fourth-order valence-corrected chi connectivity index (χ4v) is 3.22. The van der Waals surface area contributed by atoms with Crippen molar-refractivity contribution < 1.29 is 9.53 Å². The first-order valence-electron chi connectivity index (χ1n) is 5.92. The van der Waals surface area contributed by atoms with Gasteiger partial charge in [0.05, 0.1) is 6.54 Å². The van der Waals surface area contributed by atoms with Crippen molar-refractivity contribution in [1.29, 1.82) is 10.8 Å². The van der Waals surface area contributed by atoms with Crippen LogP contribution in [0.25, 0.3) is 0 Å². The van der Waals surface area contributed by atoms with E-state index in [-0.39, 0.29) is 24.4 Å². The second-order valence-corrected chi connectivity index (χ2v) is 5.15. The topological polar surface area (TPSA) is 89.3 Å². The van der Waals surface area contributed by atoms with Crippen LogP contribution >= 0.6 is 11.3 Å². The van der Waals surface area contributed by atoms with Gasteiger partial charge in [0.15, 0.2) is 6.40 Å². The highest BCUT2D eigenvalue weighted by Gasteiger charge is 2.31. The quantitative estimate of drug-likeness (QED) is 0.567. The van der Waals surface area contributed by atoms with Crippen LogP contribution in [0.4, 0.5) is 0 Å². The zero-order chi connectivity index (χ0) is 13.8. The van der Waals surface area contributed by atoms with E-state index >= 15 is 0 Å². The zero-order valence-electron chi connectivity index (χ0n) is 10.6. The normalized spacial score (nSPS) is 18.7. The Hall–Kier alpha value is -1.73. The number of thiophene rings is 1. The minimum Gasteiger partial charge on any atom is -0.431 e. The molecular formula is C12H16N4O2S. The first-order chi connectivity index (χ1) is 9.17. The van der Waals surface area contributed by atoms with Crippen molar-refractivity contribution in [3.05, 3.63) is 21.9 Å². The number of hydrogen-bond acceptors (Lipinski definition) is 6. The number of ether oxygens (including phenoxy) is 1. The molecule has 0 saturated carbocycles. The Morgan fingerprint density at radius 1 is 1.74 bits per heavy atom. The Kier molecular flexibility index (Phi) is 4.28. The molecule has 0 bridgehead atoms. The van der Waals surface area contributed by atoms with E-state index < -0.39 is 0 Å². The number of fused-ring (bicyclic) bond motifs is 1. The average molecular weight is 280 g/mol. The summed E-state index contributed by atoms with van der Waals surface area (Å²) >= 11 is 1.58. The van der Waals surface area contributed by atoms with Crippen molar-refractivity contribution in [3.8, 4) is 0 Å². The van der Waals surface area contributed by atoms with Gasteiger partial charge in [-0.3, -0.25) is 15.6 Å². The molecule has 0 aromatic carbocycles. The maximum atomic E-state index is 12.4. The van der Waals surface area contributed by atoms with Crippen LogP contribution in [0.2, 0.25) is 0 Å². The second-order valence-electron chi connectivity index (χ2n) is 4.20. The average Bonchev–Trinajstić information content (AvgIpc) is 2.79. The van der Waals surface area contributed by atoms with E-state index in [0.29, 0.717) is 12.9 Å². The van der Waals surface area contributed by atoms with Gasteiger partial charge in [0.1, 0.15) is 6.04 Å². The zero-order valence-corrected chi connectivity index (χ0v) is 11.4. The summed E-state index contributed by atoms with van der Waals surface area (Å²) in [5.74, 6) is -0.148. The Labute approximate surface area is 115 Å². The summed E-state index contributed by atoms with van der Waals surface area (Å²) in [6, 6.07) is 1.69. The smallest absolute Gasteiger partial charge is 0.245 e. The Bertz CT molecular complexity index is 500. The SMILES string of the molecule is CNC1C(=O)N(CC(=N)OC=N)CCc2ccsc21. The molecule has 2 heterocycles. The summed E-state index contributed by atoms with van der Waals surface area (Å²) in [7, 11) is 1.76. The van der Waals surface area contributed by atoms with Crippen LogP contribution in [0.15, 0.2) is 11.4 Å². The maximum absolute atomic E-state index is 12.4. The number of rotatable bonds is 4. The van der Waals surface area contributed by atoms with Crippen LogP contribution in [0.1, 0.15) is 16.5 Å². The summed E-state index contributed by atoms with van der Waals surface area (Å²) < 4.78 is 4.67. The van der Waals surface area contributed by atoms with E-state index in [4.69, 9.17) is 10.8 Å². The number of nitrogens with one attached hydrogen (secondary N) is 3. The number of carbonyl (C=O) groups is 1. The maximum Gasteiger partial charge on any atom is 0.245 e. The van der Waals surface area contributed by atoms with Crippen molar-refractivity contribution in [1.82, 2.24) is 10.2 Å². The predicted molar refractivity (Wildman–Crippen MR) is 74.0 cm³/mol. The summed E-state index contributed by atoms with van der Waals surface area (Å²) in [5, 5.41) is 19.4. The third kappa shape index (κ3) is 2.82. The summed E-state index contributed by atoms with van der Waals surface area (Å²) in [5.41, 5.74) is 1.18. The molecule has 1 amide bonds. The first kappa shape index (κ1) is 13.7. The highest BCUT2D eigenvalue weighted by Crippen LogP contribution is 2.29. The van der Waals surface area contributed by atoms with Crippen molar-refractivity contribution in [2.45, 2.75) is 12.5 Å². The molecule has 0 saturated heterocycles. The van der Waals surface area contributed by atoms with Crippen molar-refractivity contribution in [2.24, 2.45) is 0 Å². The van der Waals surface area contributed by atoms with Gasteiger partial charge in [-0.2, -0.15) is 0 Å². The van der Waals surface area contributed by atoms with E-state index in [1.807, 2.05) is 11.4 Å². The predicted octanol–water partition coefficient (Wildman–Crippen LogP) is 0.994. The molecule has 0 fully saturated rings. The highest BCUT2D eigenvalue weighted by atomic mass is 32.1. The lowest BCUT2D eigenvalue weighted by Gasteiger charge is -2.23. The third-order valence-electron chi connectivity index (χ3n) is 3.08. The van der Waals surface area contributed by atoms with Crippen molar-refractivity contribution in [2.75, 3.05) is 20.1 Å². The van der Waals surface area contributed by atoms with Gasteiger partial charge in [-0.1, -0.05) is 0 Å². The molecule has 0 aliphatic carbocycles. The molecule has 1 aliphatic heterocycles. The standard InChI is InChI=1S/C12H16N4O2S/c1-15-10-11-8(3-5-19-11)2-4-16(12(10)17)6-9(14)18-7-13/h3,5,7,10,13-15H,2,4,6H2,1H3. The molecule has 3 N–H and O–H groups in total. The molecule has 1 aromatic heterocycles. The number of carbonyl (C=O) groups excluding carboxylic acids is 1. The van der Waals surface area contributed by atoms with E-state index in [0.717, 1.165) is 11.3 Å². The fraction of sp³-hybridized carbons (Fsp3) is 0.417. The van der Waals surface area contributed by atoms with Crippen LogP contribution in [-0.2, 0) is 16.0 Å². The van der Waals surface area contributed by atoms with Gasteiger partial charge in [0.2, 0.25) is 11.8 Å². The van der Waals surface area contributed by atoms with Crippen LogP contribution in [-0.4, -0.2) is 43.2 Å². The molecular weight excluding hydrogens is 264 g/mol. The Morgan fingerprint density at radius 2 is 2.53 bits per heavy atom. The summed E-state index contributed by atoms with van der Waals surface area (Å²) in [4.78, 5) is 15.1. The second kappa shape index (κ2) is 5.94. The lowest BCUT2D eigenvalue weighted by atomic mass is 10.1. The molecule has 1 atom stereocenters. The van der Waals surface area contributed by atoms with Crippen LogP contribution in [0, 0.1) is 10.8 Å². The van der Waals surface area contributed by atoms with E-state index in [2.05, 4.69) is 10.1 Å². The number of likely N-dealkylation sites (N-methyl/N-ethyl adjacent to an activating group) is 1. The van der Waals surface area contributed by atoms with Gasteiger partial charge in [0, 0.05) is 11.4 Å². The van der Waals surface area contributed by atoms with Crippen LogP contribution in [0.3, 0.4) is 0 Å². The van der Waals surface area contributed by atoms with Gasteiger partial charge < -0.3 is 15.0 Å². The lowest BCUT2D eigenvalue weighted by molar-refractivity contribution is -0.132. The Morgan fingerprint density at radius 3 is 3.21 bits per heavy atom. The van der Waals surface area contributed by atoms with Crippen molar-refractivity contribution in [3.63, 3.8) is 0 Å². The number of amides is 1. The summed E-state index contributed by atoms with van der Waals surface area (Å²) in [6.07, 6.45) is 1.48. The van der Waals surface area contributed by atoms with Gasteiger partial charge in [-0.15, -0.1) is 11.3 Å². The molecule has 0 spiro atoms. The molecule has 2 rings (SSSR count). The van der Waals surface area contributed by atoms with Crippen LogP contribution < -0.4 is 5.32 Å². The molecule has 7 heteroatoms. The van der Waals surface area contributed by atoms with Gasteiger partial charge >= 0.3 is 0 Å². The number of hydrogen-bond donors (Lipinski definition) is 3. The molecule has 102 valence electrons. The van der Waals surface area contributed by atoms with Gasteiger partial charge in [-0.05, 0) is 30.5 Å². The van der Waals surface area contributed by atoms with E-state index in [1.165, 1.54) is 5.56 Å². The molecule has 1 aromatic rings. The van der Waals surface area contributed by atoms with E-state index in [1.54, 1.807) is 23.3 Å². The monoisotopic (exact) mass is 280 g/mol. The number of nitrogens with zero attached hydrogens (tertiary/aromatic N) is 1. The first-order valence-corrected chi connectivity index (χ1v) is 6.80. The lowest BCUT2D eigenvalue weighted by Crippen LogP contribution is -2.41. The minimum atomic E-state index is -0.356. The summed E-state index contributed by atoms with van der Waals surface area (Å²) in [6.45, 7) is 0.659. The van der Waals surface area contributed by atoms with E-state index in [9.17, 15) is 4.79 Å². The molecule has 0 radical (unpaired) electrons. The Balaban J connectivity index is 2.17. The third-order valence-corrected chi connectivity index (χ3v) is 4.10. The van der Waals surface area contributed by atoms with Crippen LogP contribution in [0.5, 0.6) is 0 Å².